The Morgan fingerprint density at radius 1 is 1.38 bits per heavy atom. The summed E-state index contributed by atoms with van der Waals surface area (Å²) in [5, 5.41) is 4.04. The zero-order valence-electron chi connectivity index (χ0n) is 14.4. The lowest BCUT2D eigenvalue weighted by molar-refractivity contribution is -0.138. The second kappa shape index (κ2) is 7.55. The number of nitrogens with zero attached hydrogens (tertiary/aromatic N) is 2. The van der Waals surface area contributed by atoms with Crippen LogP contribution in [0.3, 0.4) is 0 Å². The van der Waals surface area contributed by atoms with E-state index in [9.17, 15) is 9.18 Å². The van der Waals surface area contributed by atoms with Crippen molar-refractivity contribution in [2.45, 2.75) is 31.9 Å². The molecule has 1 fully saturated rings. The Morgan fingerprint density at radius 3 is 3.08 bits per heavy atom. The van der Waals surface area contributed by atoms with Gasteiger partial charge in [-0.05, 0) is 25.0 Å². The summed E-state index contributed by atoms with van der Waals surface area (Å²) >= 11 is 0. The number of carbonyl (C=O) groups is 1. The summed E-state index contributed by atoms with van der Waals surface area (Å²) in [6, 6.07) is 6.44. The van der Waals surface area contributed by atoms with Gasteiger partial charge in [-0.3, -0.25) is 4.79 Å². The van der Waals surface area contributed by atoms with E-state index >= 15 is 0 Å². The fourth-order valence-electron chi connectivity index (χ4n) is 3.43. The Bertz CT molecular complexity index is 786. The molecule has 1 atom stereocenters. The van der Waals surface area contributed by atoms with Crippen LogP contribution >= 0.6 is 0 Å². The van der Waals surface area contributed by atoms with Crippen molar-refractivity contribution in [2.24, 2.45) is 0 Å². The first-order chi connectivity index (χ1) is 12.7. The van der Waals surface area contributed by atoms with Crippen LogP contribution < -0.4 is 0 Å². The third-order valence-electron chi connectivity index (χ3n) is 4.86. The molecule has 7 heteroatoms. The van der Waals surface area contributed by atoms with Crippen LogP contribution in [0.2, 0.25) is 0 Å². The maximum atomic E-state index is 14.1. The molecule has 2 aliphatic rings. The van der Waals surface area contributed by atoms with E-state index in [1.165, 1.54) is 6.07 Å². The average molecular weight is 360 g/mol. The molecule has 0 spiro atoms. The van der Waals surface area contributed by atoms with Gasteiger partial charge in [0, 0.05) is 30.7 Å². The van der Waals surface area contributed by atoms with Crippen molar-refractivity contribution in [3.63, 3.8) is 0 Å². The van der Waals surface area contributed by atoms with Gasteiger partial charge in [-0.2, -0.15) is 0 Å². The normalized spacial score (nSPS) is 19.6. The number of aromatic nitrogens is 1. The molecule has 4 rings (SSSR count). The number of amides is 1. The molecule has 1 amide bonds. The highest BCUT2D eigenvalue weighted by atomic mass is 19.1. The Morgan fingerprint density at radius 2 is 2.27 bits per heavy atom. The number of carbonyl (C=O) groups excluding carboxylic acids is 1. The summed E-state index contributed by atoms with van der Waals surface area (Å²) in [5.74, 6) is 0.272. The minimum absolute atomic E-state index is 0.0233. The zero-order chi connectivity index (χ0) is 17.9. The molecule has 138 valence electrons. The van der Waals surface area contributed by atoms with Gasteiger partial charge in [0.2, 0.25) is 5.91 Å². The standard InChI is InChI=1S/C19H21FN2O4/c20-16-6-2-1-5-14(16)19-15-10-22(8-7-17(15)26-21-19)18(23)12-24-11-13-4-3-9-25-13/h1-2,5-6,13H,3-4,7-12H2/t13-/m0/s1. The molecule has 0 radical (unpaired) electrons. The molecule has 1 aromatic carbocycles. The highest BCUT2D eigenvalue weighted by molar-refractivity contribution is 5.78. The van der Waals surface area contributed by atoms with Crippen LogP contribution in [0.1, 0.15) is 24.2 Å². The van der Waals surface area contributed by atoms with Crippen LogP contribution in [0.5, 0.6) is 0 Å². The van der Waals surface area contributed by atoms with E-state index in [1.807, 2.05) is 0 Å². The van der Waals surface area contributed by atoms with E-state index in [1.54, 1.807) is 23.1 Å². The van der Waals surface area contributed by atoms with Crippen LogP contribution in [-0.2, 0) is 27.2 Å². The molecule has 0 aliphatic carbocycles. The minimum Gasteiger partial charge on any atom is -0.376 e. The van der Waals surface area contributed by atoms with Crippen LogP contribution in [-0.4, -0.2) is 48.4 Å². The van der Waals surface area contributed by atoms with Gasteiger partial charge in [0.1, 0.15) is 23.9 Å². The quantitative estimate of drug-likeness (QED) is 0.820. The van der Waals surface area contributed by atoms with Crippen molar-refractivity contribution < 1.29 is 23.2 Å². The number of halogens is 1. The Hall–Kier alpha value is -2.25. The van der Waals surface area contributed by atoms with Crippen LogP contribution in [0.25, 0.3) is 11.3 Å². The number of ether oxygens (including phenoxy) is 2. The van der Waals surface area contributed by atoms with Crippen molar-refractivity contribution in [1.82, 2.24) is 10.1 Å². The number of benzene rings is 1. The lowest BCUT2D eigenvalue weighted by Gasteiger charge is -2.26. The van der Waals surface area contributed by atoms with E-state index in [0.717, 1.165) is 25.0 Å². The first-order valence-corrected chi connectivity index (χ1v) is 8.92. The van der Waals surface area contributed by atoms with Gasteiger partial charge in [-0.15, -0.1) is 0 Å². The van der Waals surface area contributed by atoms with Gasteiger partial charge in [-0.25, -0.2) is 4.39 Å². The molecule has 0 unspecified atom stereocenters. The highest BCUT2D eigenvalue weighted by Gasteiger charge is 2.28. The van der Waals surface area contributed by atoms with E-state index in [0.29, 0.717) is 43.1 Å². The summed E-state index contributed by atoms with van der Waals surface area (Å²) in [4.78, 5) is 14.2. The summed E-state index contributed by atoms with van der Waals surface area (Å²) in [7, 11) is 0. The van der Waals surface area contributed by atoms with Gasteiger partial charge < -0.3 is 18.9 Å². The summed E-state index contributed by atoms with van der Waals surface area (Å²) < 4.78 is 30.5. The lowest BCUT2D eigenvalue weighted by atomic mass is 10.0. The highest BCUT2D eigenvalue weighted by Crippen LogP contribution is 2.31. The molecular formula is C19H21FN2O4. The van der Waals surface area contributed by atoms with E-state index < -0.39 is 0 Å². The lowest BCUT2D eigenvalue weighted by Crippen LogP contribution is -2.38. The second-order valence-electron chi connectivity index (χ2n) is 6.63. The molecule has 2 aliphatic heterocycles. The molecule has 2 aromatic rings. The third kappa shape index (κ3) is 3.50. The van der Waals surface area contributed by atoms with Gasteiger partial charge >= 0.3 is 0 Å². The van der Waals surface area contributed by atoms with Crippen LogP contribution in [0.4, 0.5) is 4.39 Å². The molecule has 26 heavy (non-hydrogen) atoms. The first-order valence-electron chi connectivity index (χ1n) is 8.92. The van der Waals surface area contributed by atoms with Gasteiger partial charge in [0.15, 0.2) is 0 Å². The third-order valence-corrected chi connectivity index (χ3v) is 4.86. The molecule has 1 saturated heterocycles. The number of hydrogen-bond acceptors (Lipinski definition) is 5. The summed E-state index contributed by atoms with van der Waals surface area (Å²) in [5.41, 5.74) is 1.63. The molecule has 0 saturated carbocycles. The zero-order valence-corrected chi connectivity index (χ0v) is 14.4. The van der Waals surface area contributed by atoms with Crippen molar-refractivity contribution in [3.8, 4) is 11.3 Å². The smallest absolute Gasteiger partial charge is 0.248 e. The monoisotopic (exact) mass is 360 g/mol. The largest absolute Gasteiger partial charge is 0.376 e. The Labute approximate surface area is 150 Å². The number of hydrogen-bond donors (Lipinski definition) is 0. The van der Waals surface area contributed by atoms with E-state index in [-0.39, 0.29) is 24.4 Å². The fraction of sp³-hybridized carbons (Fsp3) is 0.474. The maximum Gasteiger partial charge on any atom is 0.248 e. The van der Waals surface area contributed by atoms with Crippen molar-refractivity contribution in [1.29, 1.82) is 0 Å². The molecule has 6 nitrogen and oxygen atoms in total. The number of rotatable bonds is 5. The van der Waals surface area contributed by atoms with Crippen LogP contribution in [0.15, 0.2) is 28.8 Å². The minimum atomic E-state index is -0.355. The Kier molecular flexibility index (Phi) is 4.99. The predicted molar refractivity (Wildman–Crippen MR) is 90.8 cm³/mol. The average Bonchev–Trinajstić information content (AvgIpc) is 3.31. The van der Waals surface area contributed by atoms with E-state index in [2.05, 4.69) is 5.16 Å². The summed E-state index contributed by atoms with van der Waals surface area (Å²) in [6.45, 7) is 2.13. The maximum absolute atomic E-state index is 14.1. The molecule has 0 N–H and O–H groups in total. The summed E-state index contributed by atoms with van der Waals surface area (Å²) in [6.07, 6.45) is 2.69. The molecule has 0 bridgehead atoms. The molecule has 3 heterocycles. The Balaban J connectivity index is 1.41. The molecule has 1 aromatic heterocycles. The second-order valence-corrected chi connectivity index (χ2v) is 6.63. The van der Waals surface area contributed by atoms with Gasteiger partial charge in [-0.1, -0.05) is 17.3 Å². The fourth-order valence-corrected chi connectivity index (χ4v) is 3.43. The van der Waals surface area contributed by atoms with Gasteiger partial charge in [0.05, 0.1) is 19.3 Å². The van der Waals surface area contributed by atoms with E-state index in [4.69, 9.17) is 14.0 Å². The topological polar surface area (TPSA) is 64.8 Å². The predicted octanol–water partition coefficient (Wildman–Crippen LogP) is 2.56. The molecular weight excluding hydrogens is 339 g/mol. The van der Waals surface area contributed by atoms with Crippen molar-refractivity contribution in [2.75, 3.05) is 26.4 Å². The SMILES string of the molecule is O=C(COC[C@@H]1CCCO1)N1CCc2onc(-c3ccccc3F)c2C1. The number of fused-ring (bicyclic) bond motifs is 1. The first kappa shape index (κ1) is 17.2. The van der Waals surface area contributed by atoms with Crippen molar-refractivity contribution in [3.05, 3.63) is 41.4 Å². The van der Waals surface area contributed by atoms with Gasteiger partial charge in [0.25, 0.3) is 0 Å². The van der Waals surface area contributed by atoms with Crippen molar-refractivity contribution >= 4 is 5.91 Å². The van der Waals surface area contributed by atoms with Crippen LogP contribution in [0, 0.1) is 5.82 Å².